The number of benzene rings is 1. The number of nitrogens with one attached hydrogen (secondary N) is 1. The summed E-state index contributed by atoms with van der Waals surface area (Å²) < 4.78 is 15.4. The van der Waals surface area contributed by atoms with Gasteiger partial charge >= 0.3 is 0 Å². The van der Waals surface area contributed by atoms with E-state index in [1.165, 1.54) is 0 Å². The number of rotatable bonds is 5. The number of nitrogen functional groups attached to an aromatic ring is 1. The van der Waals surface area contributed by atoms with Gasteiger partial charge < -0.3 is 25.0 Å². The zero-order valence-corrected chi connectivity index (χ0v) is 10.3. The Balaban J connectivity index is 2.17. The lowest BCUT2D eigenvalue weighted by Gasteiger charge is -2.13. The SMILES string of the molecule is COc1cc(N)c(NCc2ccno2)cc1OC. The van der Waals surface area contributed by atoms with Crippen LogP contribution >= 0.6 is 0 Å². The summed E-state index contributed by atoms with van der Waals surface area (Å²) in [5.41, 5.74) is 7.25. The fourth-order valence-electron chi connectivity index (χ4n) is 1.56. The Labute approximate surface area is 105 Å². The number of nitrogens with zero attached hydrogens (tertiary/aromatic N) is 1. The topological polar surface area (TPSA) is 82.5 Å². The van der Waals surface area contributed by atoms with Gasteiger partial charge in [0, 0.05) is 18.2 Å². The van der Waals surface area contributed by atoms with Crippen molar-refractivity contribution in [2.75, 3.05) is 25.3 Å². The van der Waals surface area contributed by atoms with Crippen LogP contribution < -0.4 is 20.5 Å². The van der Waals surface area contributed by atoms with Crippen molar-refractivity contribution >= 4 is 11.4 Å². The van der Waals surface area contributed by atoms with E-state index in [-0.39, 0.29) is 0 Å². The first-order chi connectivity index (χ1) is 8.74. The van der Waals surface area contributed by atoms with Gasteiger partial charge in [0.1, 0.15) is 0 Å². The van der Waals surface area contributed by atoms with Crippen LogP contribution in [0.25, 0.3) is 0 Å². The van der Waals surface area contributed by atoms with Crippen LogP contribution in [0.15, 0.2) is 28.9 Å². The maximum absolute atomic E-state index is 5.92. The van der Waals surface area contributed by atoms with Crippen molar-refractivity contribution in [3.8, 4) is 11.5 Å². The summed E-state index contributed by atoms with van der Waals surface area (Å²) >= 11 is 0. The van der Waals surface area contributed by atoms with Gasteiger partial charge in [-0.2, -0.15) is 0 Å². The second-order valence-corrected chi connectivity index (χ2v) is 3.63. The molecule has 0 atom stereocenters. The first kappa shape index (κ1) is 12.1. The summed E-state index contributed by atoms with van der Waals surface area (Å²) in [6.45, 7) is 0.500. The molecule has 0 aliphatic carbocycles. The molecule has 0 unspecified atom stereocenters. The predicted molar refractivity (Wildman–Crippen MR) is 67.8 cm³/mol. The summed E-state index contributed by atoms with van der Waals surface area (Å²) in [6.07, 6.45) is 1.59. The fraction of sp³-hybridized carbons (Fsp3) is 0.250. The molecular formula is C12H15N3O3. The molecule has 3 N–H and O–H groups in total. The summed E-state index contributed by atoms with van der Waals surface area (Å²) in [5, 5.41) is 6.77. The molecule has 0 aliphatic rings. The summed E-state index contributed by atoms with van der Waals surface area (Å²) in [7, 11) is 3.15. The Bertz CT molecular complexity index is 512. The van der Waals surface area contributed by atoms with E-state index in [4.69, 9.17) is 19.7 Å². The van der Waals surface area contributed by atoms with Gasteiger partial charge in [-0.3, -0.25) is 0 Å². The first-order valence-corrected chi connectivity index (χ1v) is 5.39. The molecule has 18 heavy (non-hydrogen) atoms. The molecule has 1 aromatic heterocycles. The minimum atomic E-state index is 0.500. The molecule has 1 aromatic carbocycles. The number of anilines is 2. The second-order valence-electron chi connectivity index (χ2n) is 3.63. The Morgan fingerprint density at radius 3 is 2.61 bits per heavy atom. The molecular weight excluding hydrogens is 234 g/mol. The van der Waals surface area contributed by atoms with Crippen LogP contribution in [-0.4, -0.2) is 19.4 Å². The van der Waals surface area contributed by atoms with Gasteiger partial charge in [-0.1, -0.05) is 5.16 Å². The van der Waals surface area contributed by atoms with Crippen LogP contribution in [0.5, 0.6) is 11.5 Å². The van der Waals surface area contributed by atoms with Crippen molar-refractivity contribution in [1.82, 2.24) is 5.16 Å². The maximum Gasteiger partial charge on any atom is 0.162 e. The lowest BCUT2D eigenvalue weighted by atomic mass is 10.2. The van der Waals surface area contributed by atoms with E-state index in [9.17, 15) is 0 Å². The van der Waals surface area contributed by atoms with E-state index in [2.05, 4.69) is 10.5 Å². The molecule has 0 fully saturated rings. The maximum atomic E-state index is 5.92. The van der Waals surface area contributed by atoms with Crippen LogP contribution in [-0.2, 0) is 6.54 Å². The van der Waals surface area contributed by atoms with Gasteiger partial charge in [-0.05, 0) is 0 Å². The molecule has 0 bridgehead atoms. The van der Waals surface area contributed by atoms with E-state index in [1.54, 1.807) is 38.6 Å². The van der Waals surface area contributed by atoms with Crippen LogP contribution in [0.3, 0.4) is 0 Å². The minimum Gasteiger partial charge on any atom is -0.493 e. The Kier molecular flexibility index (Phi) is 3.57. The Hall–Kier alpha value is -2.37. The van der Waals surface area contributed by atoms with Crippen molar-refractivity contribution in [3.05, 3.63) is 30.2 Å². The molecule has 0 spiro atoms. The highest BCUT2D eigenvalue weighted by Gasteiger charge is 2.09. The zero-order chi connectivity index (χ0) is 13.0. The lowest BCUT2D eigenvalue weighted by molar-refractivity contribution is 0.355. The molecule has 0 aliphatic heterocycles. The quantitative estimate of drug-likeness (QED) is 0.787. The number of aromatic nitrogens is 1. The highest BCUT2D eigenvalue weighted by atomic mass is 16.5. The highest BCUT2D eigenvalue weighted by molar-refractivity contribution is 5.71. The van der Waals surface area contributed by atoms with E-state index in [1.807, 2.05) is 0 Å². The predicted octanol–water partition coefficient (Wildman–Crippen LogP) is 1.89. The average molecular weight is 249 g/mol. The minimum absolute atomic E-state index is 0.500. The largest absolute Gasteiger partial charge is 0.493 e. The van der Waals surface area contributed by atoms with Crippen molar-refractivity contribution in [3.63, 3.8) is 0 Å². The Morgan fingerprint density at radius 2 is 2.00 bits per heavy atom. The van der Waals surface area contributed by atoms with E-state index in [0.717, 1.165) is 11.4 Å². The van der Waals surface area contributed by atoms with E-state index in [0.29, 0.717) is 23.7 Å². The Morgan fingerprint density at radius 1 is 1.28 bits per heavy atom. The van der Waals surface area contributed by atoms with Crippen molar-refractivity contribution in [2.45, 2.75) is 6.54 Å². The van der Waals surface area contributed by atoms with E-state index < -0.39 is 0 Å². The fourth-order valence-corrected chi connectivity index (χ4v) is 1.56. The third kappa shape index (κ3) is 2.48. The van der Waals surface area contributed by atoms with Crippen molar-refractivity contribution in [2.24, 2.45) is 0 Å². The van der Waals surface area contributed by atoms with Crippen molar-refractivity contribution in [1.29, 1.82) is 0 Å². The normalized spacial score (nSPS) is 10.1. The molecule has 0 saturated carbocycles. The first-order valence-electron chi connectivity index (χ1n) is 5.39. The summed E-state index contributed by atoms with van der Waals surface area (Å²) in [5.74, 6) is 1.94. The van der Waals surface area contributed by atoms with Crippen LogP contribution in [0.2, 0.25) is 0 Å². The molecule has 6 nitrogen and oxygen atoms in total. The van der Waals surface area contributed by atoms with E-state index >= 15 is 0 Å². The average Bonchev–Trinajstić information content (AvgIpc) is 2.90. The van der Waals surface area contributed by atoms with Gasteiger partial charge in [0.05, 0.1) is 38.3 Å². The van der Waals surface area contributed by atoms with Gasteiger partial charge in [0.25, 0.3) is 0 Å². The number of ether oxygens (including phenoxy) is 2. The third-order valence-electron chi connectivity index (χ3n) is 2.50. The van der Waals surface area contributed by atoms with Gasteiger partial charge in [0.15, 0.2) is 17.3 Å². The number of hydrogen-bond donors (Lipinski definition) is 2. The molecule has 0 radical (unpaired) electrons. The van der Waals surface area contributed by atoms with Crippen molar-refractivity contribution < 1.29 is 14.0 Å². The second kappa shape index (κ2) is 5.31. The molecule has 2 rings (SSSR count). The molecule has 0 saturated heterocycles. The van der Waals surface area contributed by atoms with Gasteiger partial charge in [-0.25, -0.2) is 0 Å². The number of nitrogens with two attached hydrogens (primary N) is 1. The van der Waals surface area contributed by atoms with Gasteiger partial charge in [-0.15, -0.1) is 0 Å². The number of hydrogen-bond acceptors (Lipinski definition) is 6. The summed E-state index contributed by atoms with van der Waals surface area (Å²) in [6, 6.07) is 5.27. The van der Waals surface area contributed by atoms with Crippen LogP contribution in [0.4, 0.5) is 11.4 Å². The standard InChI is InChI=1S/C12H15N3O3/c1-16-11-5-9(13)10(6-12(11)17-2)14-7-8-3-4-15-18-8/h3-6,14H,7,13H2,1-2H3. The molecule has 6 heteroatoms. The summed E-state index contributed by atoms with van der Waals surface area (Å²) in [4.78, 5) is 0. The third-order valence-corrected chi connectivity index (χ3v) is 2.50. The van der Waals surface area contributed by atoms with Gasteiger partial charge in [0.2, 0.25) is 0 Å². The monoisotopic (exact) mass is 249 g/mol. The lowest BCUT2D eigenvalue weighted by Crippen LogP contribution is -2.03. The number of methoxy groups -OCH3 is 2. The zero-order valence-electron chi connectivity index (χ0n) is 10.3. The molecule has 2 aromatic rings. The molecule has 96 valence electrons. The smallest absolute Gasteiger partial charge is 0.162 e. The van der Waals surface area contributed by atoms with Crippen LogP contribution in [0.1, 0.15) is 5.76 Å². The highest BCUT2D eigenvalue weighted by Crippen LogP contribution is 2.34. The molecule has 1 heterocycles. The van der Waals surface area contributed by atoms with Crippen LogP contribution in [0, 0.1) is 0 Å². The molecule has 0 amide bonds.